The topological polar surface area (TPSA) is 50.3 Å². The number of thioether (sulfide) groups is 1. The van der Waals surface area contributed by atoms with Gasteiger partial charge in [-0.3, -0.25) is 19.5 Å². The maximum Gasteiger partial charge on any atom is 0.416 e. The minimum absolute atomic E-state index is 0.0115. The van der Waals surface area contributed by atoms with Crippen LogP contribution in [0.3, 0.4) is 0 Å². The van der Waals surface area contributed by atoms with Crippen LogP contribution >= 0.6 is 11.8 Å². The molecule has 2 aromatic carbocycles. The van der Waals surface area contributed by atoms with E-state index in [1.807, 2.05) is 24.3 Å². The minimum Gasteiger partial charge on any atom is -0.275 e. The lowest BCUT2D eigenvalue weighted by Gasteiger charge is -2.26. The molecule has 154 valence electrons. The van der Waals surface area contributed by atoms with Gasteiger partial charge in [-0.2, -0.15) is 13.2 Å². The van der Waals surface area contributed by atoms with Crippen LogP contribution in [0.15, 0.2) is 60.8 Å². The van der Waals surface area contributed by atoms with E-state index in [1.54, 1.807) is 6.07 Å². The Balaban J connectivity index is 1.77. The molecule has 4 rings (SSSR count). The zero-order valence-corrected chi connectivity index (χ0v) is 16.8. The highest BCUT2D eigenvalue weighted by atomic mass is 32.2. The van der Waals surface area contributed by atoms with Crippen LogP contribution in [-0.4, -0.2) is 28.1 Å². The van der Waals surface area contributed by atoms with Crippen molar-refractivity contribution in [1.29, 1.82) is 0 Å². The Kier molecular flexibility index (Phi) is 5.05. The third kappa shape index (κ3) is 3.45. The third-order valence-corrected chi connectivity index (χ3v) is 6.72. The summed E-state index contributed by atoms with van der Waals surface area (Å²) in [4.78, 5) is 30.9. The molecular weight excluding hydrogens is 413 g/mol. The molecule has 0 N–H and O–H groups in total. The van der Waals surface area contributed by atoms with E-state index >= 15 is 0 Å². The van der Waals surface area contributed by atoms with Crippen LogP contribution in [0, 0.1) is 0 Å². The van der Waals surface area contributed by atoms with E-state index in [-0.39, 0.29) is 18.4 Å². The van der Waals surface area contributed by atoms with Crippen LogP contribution in [-0.2, 0) is 22.1 Å². The number of nitrogens with zero attached hydrogens (tertiary/aromatic N) is 2. The van der Waals surface area contributed by atoms with Crippen LogP contribution in [0.25, 0.3) is 10.9 Å². The Morgan fingerprint density at radius 2 is 1.77 bits per heavy atom. The van der Waals surface area contributed by atoms with Gasteiger partial charge in [-0.1, -0.05) is 36.4 Å². The molecule has 0 spiro atoms. The monoisotopic (exact) mass is 430 g/mol. The molecule has 2 amide bonds. The van der Waals surface area contributed by atoms with E-state index in [0.29, 0.717) is 5.56 Å². The zero-order chi connectivity index (χ0) is 21.5. The second-order valence-corrected chi connectivity index (χ2v) is 8.38. The highest BCUT2D eigenvalue weighted by molar-refractivity contribution is 8.15. The van der Waals surface area contributed by atoms with Gasteiger partial charge >= 0.3 is 6.18 Å². The van der Waals surface area contributed by atoms with Gasteiger partial charge in [0.05, 0.1) is 11.1 Å². The lowest BCUT2D eigenvalue weighted by Crippen LogP contribution is -2.36. The number of aromatic nitrogens is 1. The molecule has 1 saturated heterocycles. The molecule has 0 saturated carbocycles. The van der Waals surface area contributed by atoms with Crippen molar-refractivity contribution in [2.24, 2.45) is 0 Å². The molecule has 1 aliphatic heterocycles. The van der Waals surface area contributed by atoms with E-state index in [4.69, 9.17) is 0 Å². The second kappa shape index (κ2) is 7.43. The third-order valence-electron chi connectivity index (χ3n) is 5.31. The van der Waals surface area contributed by atoms with Crippen LogP contribution < -0.4 is 0 Å². The summed E-state index contributed by atoms with van der Waals surface area (Å²) >= 11 is 0.840. The first kappa shape index (κ1) is 20.4. The van der Waals surface area contributed by atoms with Gasteiger partial charge in [0, 0.05) is 18.6 Å². The molecule has 3 aromatic rings. The number of rotatable bonds is 4. The summed E-state index contributed by atoms with van der Waals surface area (Å²) in [7, 11) is 1.39. The number of carbonyl (C=O) groups is 2. The Morgan fingerprint density at radius 1 is 1.07 bits per heavy atom. The molecule has 1 unspecified atom stereocenters. The number of para-hydroxylation sites is 1. The van der Waals surface area contributed by atoms with Crippen molar-refractivity contribution in [3.8, 4) is 0 Å². The fraction of sp³-hybridized carbons (Fsp3) is 0.227. The normalized spacial score (nSPS) is 19.7. The number of likely N-dealkylation sites (N-methyl/N-ethyl adjacent to an activating group) is 1. The Morgan fingerprint density at radius 3 is 2.47 bits per heavy atom. The summed E-state index contributed by atoms with van der Waals surface area (Å²) in [6, 6.07) is 14.4. The number of aryl methyl sites for hydroxylation is 1. The maximum absolute atomic E-state index is 13.4. The van der Waals surface area contributed by atoms with Crippen molar-refractivity contribution in [3.05, 3.63) is 77.5 Å². The molecule has 1 aliphatic rings. The molecule has 4 nitrogen and oxygen atoms in total. The molecule has 0 bridgehead atoms. The maximum atomic E-state index is 13.4. The van der Waals surface area contributed by atoms with Crippen molar-refractivity contribution in [2.75, 3.05) is 7.05 Å². The van der Waals surface area contributed by atoms with Crippen molar-refractivity contribution in [3.63, 3.8) is 0 Å². The molecule has 8 heteroatoms. The number of pyridine rings is 1. The number of benzene rings is 2. The number of hydrogen-bond donors (Lipinski definition) is 0. The lowest BCUT2D eigenvalue weighted by molar-refractivity contribution is -0.138. The number of amides is 2. The van der Waals surface area contributed by atoms with Crippen molar-refractivity contribution < 1.29 is 22.8 Å². The van der Waals surface area contributed by atoms with Gasteiger partial charge in [0.2, 0.25) is 0 Å². The average molecular weight is 430 g/mol. The molecule has 2 heterocycles. The van der Waals surface area contributed by atoms with Gasteiger partial charge in [-0.15, -0.1) is 0 Å². The standard InChI is InChI=1S/C22H17F3N2O2S/c1-27-19(28)21(30-20(27)29,16-12-15-7-3-5-9-18(15)26-13-16)11-10-14-6-2-4-8-17(14)22(23,24)25/h2-9,12-13H,10-11H2,1H3. The molecule has 1 aromatic heterocycles. The van der Waals surface area contributed by atoms with E-state index < -0.39 is 27.6 Å². The summed E-state index contributed by atoms with van der Waals surface area (Å²) in [5, 5.41) is 0.359. The summed E-state index contributed by atoms with van der Waals surface area (Å²) in [5.74, 6) is -0.445. The highest BCUT2D eigenvalue weighted by Crippen LogP contribution is 2.49. The predicted octanol–water partition coefficient (Wildman–Crippen LogP) is 5.41. The van der Waals surface area contributed by atoms with Gasteiger partial charge in [0.1, 0.15) is 4.75 Å². The van der Waals surface area contributed by atoms with Crippen LogP contribution in [0.5, 0.6) is 0 Å². The number of alkyl halides is 3. The first-order valence-electron chi connectivity index (χ1n) is 9.24. The van der Waals surface area contributed by atoms with Crippen molar-refractivity contribution in [1.82, 2.24) is 9.88 Å². The molecule has 0 radical (unpaired) electrons. The zero-order valence-electron chi connectivity index (χ0n) is 15.9. The van der Waals surface area contributed by atoms with Crippen LogP contribution in [0.1, 0.15) is 23.1 Å². The van der Waals surface area contributed by atoms with Gasteiger partial charge in [0.25, 0.3) is 11.1 Å². The predicted molar refractivity (Wildman–Crippen MR) is 109 cm³/mol. The van der Waals surface area contributed by atoms with Crippen molar-refractivity contribution in [2.45, 2.75) is 23.8 Å². The number of halogens is 3. The molecule has 0 aliphatic carbocycles. The van der Waals surface area contributed by atoms with E-state index in [9.17, 15) is 22.8 Å². The Labute approximate surface area is 175 Å². The molecule has 30 heavy (non-hydrogen) atoms. The van der Waals surface area contributed by atoms with Crippen molar-refractivity contribution >= 4 is 33.8 Å². The lowest BCUT2D eigenvalue weighted by atomic mass is 9.89. The molecular formula is C22H17F3N2O2S. The largest absolute Gasteiger partial charge is 0.416 e. The van der Waals surface area contributed by atoms with Gasteiger partial charge in [-0.25, -0.2) is 0 Å². The second-order valence-electron chi connectivity index (χ2n) is 7.13. The summed E-state index contributed by atoms with van der Waals surface area (Å²) in [5.41, 5.74) is 0.604. The first-order valence-corrected chi connectivity index (χ1v) is 10.1. The first-order chi connectivity index (χ1) is 14.2. The smallest absolute Gasteiger partial charge is 0.275 e. The fourth-order valence-electron chi connectivity index (χ4n) is 3.72. The van der Waals surface area contributed by atoms with Gasteiger partial charge < -0.3 is 0 Å². The number of fused-ring (bicyclic) bond motifs is 1. The van der Waals surface area contributed by atoms with Gasteiger partial charge in [0.15, 0.2) is 0 Å². The number of hydrogen-bond acceptors (Lipinski definition) is 4. The highest BCUT2D eigenvalue weighted by Gasteiger charge is 2.52. The molecule has 1 atom stereocenters. The van der Waals surface area contributed by atoms with Crippen LogP contribution in [0.2, 0.25) is 0 Å². The van der Waals surface area contributed by atoms with E-state index in [2.05, 4.69) is 4.98 Å². The minimum atomic E-state index is -4.49. The SMILES string of the molecule is CN1C(=O)SC(CCc2ccccc2C(F)(F)F)(c2cnc3ccccc3c2)C1=O. The summed E-state index contributed by atoms with van der Waals surface area (Å²) in [6.45, 7) is 0. The van der Waals surface area contributed by atoms with E-state index in [0.717, 1.165) is 33.6 Å². The number of carbonyl (C=O) groups excluding carboxylic acids is 2. The molecule has 1 fully saturated rings. The average Bonchev–Trinajstić information content (AvgIpc) is 2.96. The van der Waals surface area contributed by atoms with E-state index in [1.165, 1.54) is 31.4 Å². The van der Waals surface area contributed by atoms with Crippen LogP contribution in [0.4, 0.5) is 18.0 Å². The Hall–Kier alpha value is -2.87. The summed E-state index contributed by atoms with van der Waals surface area (Å²) in [6.07, 6.45) is -2.93. The van der Waals surface area contributed by atoms with Gasteiger partial charge in [-0.05, 0) is 53.9 Å². The summed E-state index contributed by atoms with van der Waals surface area (Å²) < 4.78 is 38.9. The Bertz CT molecular complexity index is 1150. The quantitative estimate of drug-likeness (QED) is 0.556. The fourth-order valence-corrected chi connectivity index (χ4v) is 4.89. The number of imide groups is 1.